The van der Waals surface area contributed by atoms with Crippen LogP contribution < -0.4 is 14.9 Å². The summed E-state index contributed by atoms with van der Waals surface area (Å²) in [4.78, 5) is 33.8. The van der Waals surface area contributed by atoms with E-state index in [1.807, 2.05) is 135 Å². The Labute approximate surface area is 354 Å². The van der Waals surface area contributed by atoms with Gasteiger partial charge in [0.25, 0.3) is 5.69 Å². The maximum absolute atomic E-state index is 11.3. The largest absolute Gasteiger partial charge is 2.00 e. The fourth-order valence-corrected chi connectivity index (χ4v) is 6.92. The van der Waals surface area contributed by atoms with Gasteiger partial charge in [-0.3, -0.25) is 10.1 Å². The van der Waals surface area contributed by atoms with Gasteiger partial charge in [-0.2, -0.15) is 0 Å². The monoisotopic (exact) mass is 812 g/mol. The first-order valence-corrected chi connectivity index (χ1v) is 18.6. The van der Waals surface area contributed by atoms with Crippen molar-refractivity contribution in [2.45, 2.75) is 0 Å². The number of nitro benzene ring substituents is 1. The summed E-state index contributed by atoms with van der Waals surface area (Å²) < 4.78 is 0. The molecule has 276 valence electrons. The summed E-state index contributed by atoms with van der Waals surface area (Å²) in [5.74, 6) is 13.4. The van der Waals surface area contributed by atoms with Crippen molar-refractivity contribution in [3.05, 3.63) is 189 Å². The molecule has 0 spiro atoms. The van der Waals surface area contributed by atoms with Crippen LogP contribution in [0.25, 0.3) is 68.6 Å². The van der Waals surface area contributed by atoms with Crippen molar-refractivity contribution < 1.29 is 24.4 Å². The van der Waals surface area contributed by atoms with Crippen molar-refractivity contribution in [2.24, 2.45) is 0 Å². The van der Waals surface area contributed by atoms with Crippen molar-refractivity contribution in [2.75, 3.05) is 19.0 Å². The molecule has 0 saturated carbocycles. The summed E-state index contributed by atoms with van der Waals surface area (Å²) in [5, 5.41) is 11.3. The van der Waals surface area contributed by atoms with Crippen molar-refractivity contribution in [3.8, 4) is 45.9 Å². The van der Waals surface area contributed by atoms with Crippen LogP contribution in [0.2, 0.25) is 0 Å². The second kappa shape index (κ2) is 16.5. The van der Waals surface area contributed by atoms with Gasteiger partial charge in [0.05, 0.1) is 27.7 Å². The Bertz CT molecular complexity index is 3070. The van der Waals surface area contributed by atoms with Gasteiger partial charge in [0.1, 0.15) is 0 Å². The van der Waals surface area contributed by atoms with Gasteiger partial charge in [-0.15, -0.1) is 22.1 Å². The van der Waals surface area contributed by atoms with Crippen LogP contribution in [0.15, 0.2) is 133 Å². The smallest absolute Gasteiger partial charge is 0.656 e. The van der Waals surface area contributed by atoms with Crippen LogP contribution in [0.3, 0.4) is 0 Å². The molecule has 0 amide bonds. The molecule has 0 atom stereocenters. The summed E-state index contributed by atoms with van der Waals surface area (Å²) in [7, 11) is 4.03. The van der Waals surface area contributed by atoms with Gasteiger partial charge >= 0.3 is 19.5 Å². The van der Waals surface area contributed by atoms with E-state index >= 15 is 0 Å². The first kappa shape index (κ1) is 38.3. The molecule has 7 aromatic rings. The van der Waals surface area contributed by atoms with Crippen molar-refractivity contribution in [1.82, 2.24) is 19.9 Å². The van der Waals surface area contributed by atoms with Gasteiger partial charge in [-0.1, -0.05) is 109 Å². The molecule has 9 heteroatoms. The third kappa shape index (κ3) is 7.89. The quantitative estimate of drug-likeness (QED) is 0.0755. The van der Waals surface area contributed by atoms with E-state index < -0.39 is 4.92 Å². The van der Waals surface area contributed by atoms with Crippen LogP contribution in [0.5, 0.6) is 0 Å². The minimum Gasteiger partial charge on any atom is -0.656 e. The molecular weight excluding hydrogens is 782 g/mol. The zero-order chi connectivity index (χ0) is 39.6. The van der Waals surface area contributed by atoms with E-state index in [4.69, 9.17) is 19.9 Å². The number of hydrogen-bond acceptors (Lipinski definition) is 5. The molecule has 2 aliphatic heterocycles. The average Bonchev–Trinajstić information content (AvgIpc) is 4.10. The zero-order valence-electron chi connectivity index (χ0n) is 32.2. The van der Waals surface area contributed by atoms with E-state index in [0.717, 1.165) is 55.9 Å². The standard InChI is InChI=1S/C50H32N6O2.Zn/c1-55(2)37-19-13-33(14-20-37)17-23-39-41-25-29-45(51-41)49(35-9-5-3-6-10-35)47-31-27-43(53-47)40(24-18-34-15-21-38(22-16-34)56(57)58)44-28-32-48(54-44)50(36-11-7-4-8-12-36)46-30-26-42(39)52-46;/h3-16,19-22,25-32H,1-2H3;/q-2;+2. The topological polar surface area (TPSA) is 100 Å². The predicted molar refractivity (Wildman–Crippen MR) is 233 cm³/mol. The molecule has 5 heterocycles. The van der Waals surface area contributed by atoms with Crippen molar-refractivity contribution in [3.63, 3.8) is 0 Å². The van der Waals surface area contributed by atoms with E-state index in [0.29, 0.717) is 39.1 Å². The number of non-ortho nitro benzene ring substituents is 1. The predicted octanol–water partition coefficient (Wildman–Crippen LogP) is 10.0. The molecule has 8 bridgehead atoms. The maximum atomic E-state index is 11.3. The normalized spacial score (nSPS) is 11.2. The van der Waals surface area contributed by atoms with E-state index in [-0.39, 0.29) is 25.2 Å². The van der Waals surface area contributed by atoms with E-state index in [9.17, 15) is 10.1 Å². The zero-order valence-corrected chi connectivity index (χ0v) is 35.2. The molecule has 0 saturated heterocycles. The second-order valence-corrected chi connectivity index (χ2v) is 13.8. The van der Waals surface area contributed by atoms with Crippen LogP contribution in [0.1, 0.15) is 45.0 Å². The number of aromatic nitrogens is 4. The van der Waals surface area contributed by atoms with Crippen LogP contribution >= 0.6 is 0 Å². The number of hydrogen-bond donors (Lipinski definition) is 0. The Balaban J connectivity index is 0.00000484. The Morgan fingerprint density at radius 2 is 0.915 bits per heavy atom. The maximum Gasteiger partial charge on any atom is 2.00 e. The Morgan fingerprint density at radius 3 is 1.34 bits per heavy atom. The van der Waals surface area contributed by atoms with E-state index in [1.165, 1.54) is 12.1 Å². The fraction of sp³-hybridized carbons (Fsp3) is 0.0400. The molecule has 0 aliphatic carbocycles. The van der Waals surface area contributed by atoms with E-state index in [1.54, 1.807) is 12.1 Å². The summed E-state index contributed by atoms with van der Waals surface area (Å²) in [6.45, 7) is 0. The molecule has 59 heavy (non-hydrogen) atoms. The first-order valence-electron chi connectivity index (χ1n) is 18.6. The Hall–Kier alpha value is -7.58. The molecular formula is C50H32N6O2Zn. The van der Waals surface area contributed by atoms with Crippen molar-refractivity contribution in [1.29, 1.82) is 0 Å². The number of anilines is 1. The fourth-order valence-electron chi connectivity index (χ4n) is 6.92. The van der Waals surface area contributed by atoms with Gasteiger partial charge in [0, 0.05) is 54.2 Å². The SMILES string of the molecule is CN(C)c1ccc(C#Cc2c3nc(c(-c4ccccc4)c4ccc([n-]4)c(C#Cc4ccc([N+](=O)[O-])cc4)c4nc(c(-c5ccccc5)c5ccc2[n-]5)C=C4)C=C3)cc1.[Zn+2]. The van der Waals surface area contributed by atoms with E-state index in [2.05, 4.69) is 40.7 Å². The molecule has 0 unspecified atom stereocenters. The van der Waals surface area contributed by atoms with Crippen LogP contribution in [-0.2, 0) is 19.5 Å². The molecule has 0 fully saturated rings. The third-order valence-electron chi connectivity index (χ3n) is 9.86. The number of benzene rings is 4. The first-order chi connectivity index (χ1) is 28.4. The van der Waals surface area contributed by atoms with Gasteiger partial charge < -0.3 is 14.9 Å². The summed E-state index contributed by atoms with van der Waals surface area (Å²) in [5.41, 5.74) is 13.1. The van der Waals surface area contributed by atoms with Gasteiger partial charge in [-0.25, -0.2) is 9.97 Å². The molecule has 0 radical (unpaired) electrons. The molecule has 8 nitrogen and oxygen atoms in total. The molecule has 9 rings (SSSR count). The van der Waals surface area contributed by atoms with Gasteiger partial charge in [-0.05, 0) is 83.0 Å². The minimum absolute atomic E-state index is 0. The molecule has 4 aromatic carbocycles. The van der Waals surface area contributed by atoms with Gasteiger partial charge in [0.2, 0.25) is 0 Å². The van der Waals surface area contributed by atoms with Crippen molar-refractivity contribution >= 4 is 57.7 Å². The number of nitro groups is 1. The number of rotatable bonds is 4. The average molecular weight is 814 g/mol. The number of nitrogens with zero attached hydrogens (tertiary/aromatic N) is 6. The van der Waals surface area contributed by atoms with Crippen LogP contribution in [0, 0.1) is 33.8 Å². The van der Waals surface area contributed by atoms with Crippen LogP contribution in [0.4, 0.5) is 11.4 Å². The minimum atomic E-state index is -0.424. The number of fused-ring (bicyclic) bond motifs is 8. The Morgan fingerprint density at radius 1 is 0.508 bits per heavy atom. The van der Waals surface area contributed by atoms with Gasteiger partial charge in [0.15, 0.2) is 0 Å². The second-order valence-electron chi connectivity index (χ2n) is 13.8. The summed E-state index contributed by atoms with van der Waals surface area (Å²) >= 11 is 0. The third-order valence-corrected chi connectivity index (χ3v) is 9.86. The molecule has 3 aromatic heterocycles. The molecule has 2 aliphatic rings. The Kier molecular flexibility index (Phi) is 10.7. The molecule has 0 N–H and O–H groups in total. The van der Waals surface area contributed by atoms with Crippen LogP contribution in [-0.4, -0.2) is 29.0 Å². The summed E-state index contributed by atoms with van der Waals surface area (Å²) in [6.07, 6.45) is 7.93. The summed E-state index contributed by atoms with van der Waals surface area (Å²) in [6, 6.07) is 42.4.